The number of nitrogens with one attached hydrogen (secondary N) is 1. The summed E-state index contributed by atoms with van der Waals surface area (Å²) in [6, 6.07) is 11.2. The first-order valence-electron chi connectivity index (χ1n) is 11.4. The van der Waals surface area contributed by atoms with Gasteiger partial charge in [-0.05, 0) is 43.0 Å². The Bertz CT molecular complexity index is 1160. The number of benzene rings is 2. The first-order valence-corrected chi connectivity index (χ1v) is 14.0. The van der Waals surface area contributed by atoms with Gasteiger partial charge in [0.2, 0.25) is 21.8 Å². The van der Waals surface area contributed by atoms with Crippen molar-refractivity contribution in [3.63, 3.8) is 0 Å². The summed E-state index contributed by atoms with van der Waals surface area (Å²) < 4.78 is 26.3. The Morgan fingerprint density at radius 1 is 1.09 bits per heavy atom. The Balaban J connectivity index is 2.47. The van der Waals surface area contributed by atoms with Gasteiger partial charge in [0.05, 0.1) is 17.0 Å². The van der Waals surface area contributed by atoms with E-state index in [0.717, 1.165) is 21.7 Å². The molecule has 0 aliphatic carbocycles. The topological polar surface area (TPSA) is 86.8 Å². The minimum Gasteiger partial charge on any atom is -0.354 e. The van der Waals surface area contributed by atoms with Gasteiger partial charge in [0.25, 0.3) is 0 Å². The minimum atomic E-state index is -3.90. The molecular weight excluding hydrogens is 509 g/mol. The first-order chi connectivity index (χ1) is 16.3. The van der Waals surface area contributed by atoms with Crippen LogP contribution in [0.1, 0.15) is 38.3 Å². The molecule has 2 rings (SSSR count). The predicted octanol–water partition coefficient (Wildman–Crippen LogP) is 4.65. The molecule has 0 aliphatic heterocycles. The second-order valence-corrected chi connectivity index (χ2v) is 11.7. The van der Waals surface area contributed by atoms with Crippen LogP contribution in [0.3, 0.4) is 0 Å². The van der Waals surface area contributed by atoms with Crippen molar-refractivity contribution in [1.82, 2.24) is 10.2 Å². The van der Waals surface area contributed by atoms with Crippen LogP contribution in [0.2, 0.25) is 10.0 Å². The molecule has 0 bridgehead atoms. The maximum atomic E-state index is 13.7. The lowest BCUT2D eigenvalue weighted by Crippen LogP contribution is -2.52. The minimum absolute atomic E-state index is 0.0998. The van der Waals surface area contributed by atoms with Crippen LogP contribution in [-0.2, 0) is 26.2 Å². The number of nitrogens with zero attached hydrogens (tertiary/aromatic N) is 2. The SMILES string of the molecule is CC[C@H](C(=O)NCC(C)C)N(Cc1cccc(C)c1)C(=O)CN(c1cc(Cl)ccc1Cl)S(C)(=O)=O. The first kappa shape index (κ1) is 28.9. The zero-order valence-corrected chi connectivity index (χ0v) is 23.0. The lowest BCUT2D eigenvalue weighted by atomic mass is 10.1. The number of hydrogen-bond donors (Lipinski definition) is 1. The van der Waals surface area contributed by atoms with Crippen LogP contribution in [0.25, 0.3) is 0 Å². The highest BCUT2D eigenvalue weighted by Crippen LogP contribution is 2.31. The number of amides is 2. The van der Waals surface area contributed by atoms with Gasteiger partial charge in [0.15, 0.2) is 0 Å². The predicted molar refractivity (Wildman–Crippen MR) is 142 cm³/mol. The Labute approximate surface area is 218 Å². The molecule has 192 valence electrons. The number of hydrogen-bond acceptors (Lipinski definition) is 4. The molecule has 0 radical (unpaired) electrons. The lowest BCUT2D eigenvalue weighted by molar-refractivity contribution is -0.140. The normalized spacial score (nSPS) is 12.3. The summed E-state index contributed by atoms with van der Waals surface area (Å²) in [5.41, 5.74) is 1.94. The summed E-state index contributed by atoms with van der Waals surface area (Å²) >= 11 is 12.3. The Morgan fingerprint density at radius 2 is 1.77 bits per heavy atom. The van der Waals surface area contributed by atoms with E-state index in [-0.39, 0.29) is 34.1 Å². The highest BCUT2D eigenvalue weighted by molar-refractivity contribution is 7.92. The smallest absolute Gasteiger partial charge is 0.244 e. The zero-order valence-electron chi connectivity index (χ0n) is 20.7. The standard InChI is InChI=1S/C25H33Cl2N3O4S/c1-6-22(25(32)28-14-17(2)3)29(15-19-9-7-8-18(4)12-19)24(31)16-30(35(5,33)34)23-13-20(26)10-11-21(23)27/h7-13,17,22H,6,14-16H2,1-5H3,(H,28,32)/t22-/m1/s1. The Hall–Kier alpha value is -2.29. The summed E-state index contributed by atoms with van der Waals surface area (Å²) in [5.74, 6) is -0.573. The number of carbonyl (C=O) groups is 2. The van der Waals surface area contributed by atoms with Crippen molar-refractivity contribution in [2.45, 2.75) is 46.7 Å². The second kappa shape index (κ2) is 12.6. The van der Waals surface area contributed by atoms with Gasteiger partial charge < -0.3 is 10.2 Å². The number of carbonyl (C=O) groups excluding carboxylic acids is 2. The van der Waals surface area contributed by atoms with E-state index in [1.165, 1.54) is 23.1 Å². The average molecular weight is 543 g/mol. The molecule has 0 saturated heterocycles. The number of halogens is 2. The number of sulfonamides is 1. The summed E-state index contributed by atoms with van der Waals surface area (Å²) in [4.78, 5) is 28.2. The second-order valence-electron chi connectivity index (χ2n) is 8.94. The fourth-order valence-corrected chi connectivity index (χ4v) is 4.91. The number of anilines is 1. The van der Waals surface area contributed by atoms with Crippen LogP contribution in [0, 0.1) is 12.8 Å². The zero-order chi connectivity index (χ0) is 26.3. The highest BCUT2D eigenvalue weighted by atomic mass is 35.5. The van der Waals surface area contributed by atoms with Crippen molar-refractivity contribution in [3.8, 4) is 0 Å². The van der Waals surface area contributed by atoms with Gasteiger partial charge >= 0.3 is 0 Å². The van der Waals surface area contributed by atoms with Crippen molar-refractivity contribution in [3.05, 3.63) is 63.6 Å². The van der Waals surface area contributed by atoms with Crippen molar-refractivity contribution >= 4 is 50.7 Å². The Morgan fingerprint density at radius 3 is 2.34 bits per heavy atom. The molecule has 0 heterocycles. The van der Waals surface area contributed by atoms with E-state index in [4.69, 9.17) is 23.2 Å². The van der Waals surface area contributed by atoms with Crippen molar-refractivity contribution < 1.29 is 18.0 Å². The van der Waals surface area contributed by atoms with Crippen LogP contribution in [-0.4, -0.2) is 50.5 Å². The van der Waals surface area contributed by atoms with Crippen LogP contribution >= 0.6 is 23.2 Å². The molecule has 0 unspecified atom stereocenters. The molecule has 7 nitrogen and oxygen atoms in total. The quantitative estimate of drug-likeness (QED) is 0.448. The third kappa shape index (κ3) is 8.40. The highest BCUT2D eigenvalue weighted by Gasteiger charge is 2.32. The molecule has 0 spiro atoms. The van der Waals surface area contributed by atoms with Gasteiger partial charge in [0, 0.05) is 18.1 Å². The van der Waals surface area contributed by atoms with Crippen LogP contribution < -0.4 is 9.62 Å². The maximum Gasteiger partial charge on any atom is 0.244 e. The molecule has 2 aromatic carbocycles. The van der Waals surface area contributed by atoms with Crippen LogP contribution in [0.15, 0.2) is 42.5 Å². The molecule has 2 aromatic rings. The van der Waals surface area contributed by atoms with E-state index >= 15 is 0 Å². The van der Waals surface area contributed by atoms with Gasteiger partial charge in [-0.2, -0.15) is 0 Å². The van der Waals surface area contributed by atoms with Crippen molar-refractivity contribution in [2.24, 2.45) is 5.92 Å². The van der Waals surface area contributed by atoms with Crippen LogP contribution in [0.5, 0.6) is 0 Å². The summed E-state index contributed by atoms with van der Waals surface area (Å²) in [7, 11) is -3.90. The van der Waals surface area contributed by atoms with Gasteiger partial charge in [-0.15, -0.1) is 0 Å². The number of rotatable bonds is 11. The molecule has 0 aromatic heterocycles. The van der Waals surface area contributed by atoms with E-state index in [1.54, 1.807) is 0 Å². The van der Waals surface area contributed by atoms with E-state index < -0.39 is 28.5 Å². The van der Waals surface area contributed by atoms with Gasteiger partial charge in [0.1, 0.15) is 12.6 Å². The molecule has 0 fully saturated rings. The molecule has 1 N–H and O–H groups in total. The van der Waals surface area contributed by atoms with Gasteiger partial charge in [-0.1, -0.05) is 73.8 Å². The third-order valence-electron chi connectivity index (χ3n) is 5.36. The monoisotopic (exact) mass is 541 g/mol. The third-order valence-corrected chi connectivity index (χ3v) is 7.04. The van der Waals surface area contributed by atoms with Gasteiger partial charge in [-0.3, -0.25) is 13.9 Å². The molecule has 0 saturated carbocycles. The van der Waals surface area contributed by atoms with Crippen LogP contribution in [0.4, 0.5) is 5.69 Å². The molecular formula is C25H33Cl2N3O4S. The van der Waals surface area contributed by atoms with Crippen molar-refractivity contribution in [1.29, 1.82) is 0 Å². The molecule has 0 aliphatic rings. The summed E-state index contributed by atoms with van der Waals surface area (Å²) in [6.07, 6.45) is 1.35. The largest absolute Gasteiger partial charge is 0.354 e. The van der Waals surface area contributed by atoms with E-state index in [1.807, 2.05) is 52.0 Å². The van der Waals surface area contributed by atoms with Gasteiger partial charge in [-0.25, -0.2) is 8.42 Å². The van der Waals surface area contributed by atoms with E-state index in [0.29, 0.717) is 13.0 Å². The lowest BCUT2D eigenvalue weighted by Gasteiger charge is -2.33. The van der Waals surface area contributed by atoms with E-state index in [9.17, 15) is 18.0 Å². The summed E-state index contributed by atoms with van der Waals surface area (Å²) in [5, 5.41) is 3.31. The molecule has 10 heteroatoms. The summed E-state index contributed by atoms with van der Waals surface area (Å²) in [6.45, 7) is 7.81. The molecule has 1 atom stereocenters. The van der Waals surface area contributed by atoms with E-state index in [2.05, 4.69) is 5.32 Å². The average Bonchev–Trinajstić information content (AvgIpc) is 2.76. The fourth-order valence-electron chi connectivity index (χ4n) is 3.62. The van der Waals surface area contributed by atoms with Crippen molar-refractivity contribution in [2.75, 3.05) is 23.7 Å². The number of aryl methyl sites for hydroxylation is 1. The molecule has 35 heavy (non-hydrogen) atoms. The Kier molecular flexibility index (Phi) is 10.4. The maximum absolute atomic E-state index is 13.7. The molecule has 2 amide bonds. The fraction of sp³-hybridized carbons (Fsp3) is 0.440.